The molecule has 1 fully saturated rings. The Kier molecular flexibility index (Phi) is 4.76. The maximum atomic E-state index is 12.5. The minimum Gasteiger partial charge on any atom is -0.355 e. The zero-order chi connectivity index (χ0) is 16.2. The second-order valence-electron chi connectivity index (χ2n) is 6.35. The Bertz CT molecular complexity index is 679. The van der Waals surface area contributed by atoms with E-state index in [1.807, 2.05) is 19.4 Å². The first-order valence-electron chi connectivity index (χ1n) is 8.16. The van der Waals surface area contributed by atoms with Crippen LogP contribution in [0, 0.1) is 12.8 Å². The molecule has 5 nitrogen and oxygen atoms in total. The summed E-state index contributed by atoms with van der Waals surface area (Å²) < 4.78 is 1.79. The van der Waals surface area contributed by atoms with Gasteiger partial charge in [-0.05, 0) is 24.5 Å². The predicted molar refractivity (Wildman–Crippen MR) is 90.2 cm³/mol. The molecule has 1 aromatic heterocycles. The number of aromatic nitrogens is 2. The lowest BCUT2D eigenvalue weighted by Crippen LogP contribution is -2.35. The van der Waals surface area contributed by atoms with Gasteiger partial charge in [0.25, 0.3) is 0 Å². The molecule has 2 atom stereocenters. The fraction of sp³-hybridized carbons (Fsp3) is 0.444. The first-order chi connectivity index (χ1) is 11.1. The van der Waals surface area contributed by atoms with E-state index in [-0.39, 0.29) is 17.7 Å². The number of benzene rings is 1. The average molecular weight is 312 g/mol. The van der Waals surface area contributed by atoms with Crippen molar-refractivity contribution >= 4 is 5.91 Å². The highest BCUT2D eigenvalue weighted by atomic mass is 16.1. The third-order valence-electron chi connectivity index (χ3n) is 4.50. The number of rotatable bonds is 5. The van der Waals surface area contributed by atoms with Crippen LogP contribution in [0.1, 0.15) is 22.6 Å². The van der Waals surface area contributed by atoms with Crippen molar-refractivity contribution in [2.75, 3.05) is 19.6 Å². The maximum absolute atomic E-state index is 12.5. The van der Waals surface area contributed by atoms with E-state index in [0.717, 1.165) is 25.1 Å². The molecule has 1 saturated heterocycles. The molecule has 2 aromatic rings. The van der Waals surface area contributed by atoms with Crippen molar-refractivity contribution in [3.05, 3.63) is 53.3 Å². The van der Waals surface area contributed by atoms with E-state index in [1.165, 1.54) is 11.1 Å². The minimum atomic E-state index is -0.0169. The van der Waals surface area contributed by atoms with Crippen LogP contribution in [0.3, 0.4) is 0 Å². The van der Waals surface area contributed by atoms with Gasteiger partial charge >= 0.3 is 0 Å². The molecule has 5 heteroatoms. The van der Waals surface area contributed by atoms with Gasteiger partial charge in [-0.2, -0.15) is 5.10 Å². The van der Waals surface area contributed by atoms with Crippen LogP contribution in [-0.4, -0.2) is 35.3 Å². The molecule has 0 aliphatic carbocycles. The van der Waals surface area contributed by atoms with Crippen molar-refractivity contribution in [1.82, 2.24) is 20.4 Å². The van der Waals surface area contributed by atoms with E-state index in [1.54, 1.807) is 4.68 Å². The highest BCUT2D eigenvalue weighted by Gasteiger charge is 2.34. The average Bonchev–Trinajstić information content (AvgIpc) is 3.15. The fourth-order valence-corrected chi connectivity index (χ4v) is 3.26. The number of amides is 1. The Morgan fingerprint density at radius 3 is 3.04 bits per heavy atom. The smallest absolute Gasteiger partial charge is 0.225 e. The summed E-state index contributed by atoms with van der Waals surface area (Å²) in [4.78, 5) is 12.5. The van der Waals surface area contributed by atoms with Crippen molar-refractivity contribution in [2.45, 2.75) is 19.3 Å². The predicted octanol–water partition coefficient (Wildman–Crippen LogP) is 1.39. The lowest BCUT2D eigenvalue weighted by atomic mass is 9.90. The molecule has 1 aliphatic heterocycles. The number of nitrogens with one attached hydrogen (secondary N) is 2. The van der Waals surface area contributed by atoms with Crippen molar-refractivity contribution in [2.24, 2.45) is 13.0 Å². The largest absolute Gasteiger partial charge is 0.355 e. The molecule has 1 aliphatic rings. The molecule has 0 radical (unpaired) electrons. The Morgan fingerprint density at radius 1 is 1.43 bits per heavy atom. The van der Waals surface area contributed by atoms with E-state index in [0.29, 0.717) is 6.54 Å². The van der Waals surface area contributed by atoms with Crippen LogP contribution < -0.4 is 10.6 Å². The maximum Gasteiger partial charge on any atom is 0.225 e. The highest BCUT2D eigenvalue weighted by Crippen LogP contribution is 2.27. The number of nitrogens with zero attached hydrogens (tertiary/aromatic N) is 2. The van der Waals surface area contributed by atoms with Crippen LogP contribution in [-0.2, 0) is 18.3 Å². The Hall–Kier alpha value is -2.14. The summed E-state index contributed by atoms with van der Waals surface area (Å²) in [7, 11) is 1.91. The van der Waals surface area contributed by atoms with Crippen molar-refractivity contribution in [3.8, 4) is 0 Å². The van der Waals surface area contributed by atoms with Crippen LogP contribution in [0.5, 0.6) is 0 Å². The molecule has 3 rings (SSSR count). The van der Waals surface area contributed by atoms with Crippen molar-refractivity contribution in [1.29, 1.82) is 0 Å². The van der Waals surface area contributed by atoms with E-state index in [4.69, 9.17) is 0 Å². The highest BCUT2D eigenvalue weighted by molar-refractivity contribution is 5.80. The van der Waals surface area contributed by atoms with Crippen LogP contribution in [0.2, 0.25) is 0 Å². The van der Waals surface area contributed by atoms with E-state index in [9.17, 15) is 4.79 Å². The van der Waals surface area contributed by atoms with Gasteiger partial charge in [0.1, 0.15) is 0 Å². The van der Waals surface area contributed by atoms with Crippen molar-refractivity contribution < 1.29 is 4.79 Å². The van der Waals surface area contributed by atoms with Gasteiger partial charge in [-0.1, -0.05) is 29.8 Å². The van der Waals surface area contributed by atoms with Crippen LogP contribution in [0.4, 0.5) is 0 Å². The van der Waals surface area contributed by atoms with Gasteiger partial charge in [0, 0.05) is 38.8 Å². The van der Waals surface area contributed by atoms with Crippen LogP contribution in [0.15, 0.2) is 36.7 Å². The molecule has 1 amide bonds. The molecule has 1 aromatic carbocycles. The van der Waals surface area contributed by atoms with Gasteiger partial charge in [-0.15, -0.1) is 0 Å². The Labute approximate surface area is 137 Å². The third kappa shape index (κ3) is 3.79. The van der Waals surface area contributed by atoms with E-state index >= 15 is 0 Å². The number of carbonyl (C=O) groups is 1. The molecule has 0 spiro atoms. The summed E-state index contributed by atoms with van der Waals surface area (Å²) in [6.45, 7) is 4.33. The second-order valence-corrected chi connectivity index (χ2v) is 6.35. The van der Waals surface area contributed by atoms with E-state index in [2.05, 4.69) is 46.9 Å². The van der Waals surface area contributed by atoms with Gasteiger partial charge in [0.2, 0.25) is 5.91 Å². The molecular weight excluding hydrogens is 288 g/mol. The lowest BCUT2D eigenvalue weighted by molar-refractivity contribution is -0.124. The van der Waals surface area contributed by atoms with Crippen molar-refractivity contribution in [3.63, 3.8) is 0 Å². The summed E-state index contributed by atoms with van der Waals surface area (Å²) >= 11 is 0. The minimum absolute atomic E-state index is 0.0169. The first kappa shape index (κ1) is 15.7. The number of aryl methyl sites for hydroxylation is 2. The van der Waals surface area contributed by atoms with Gasteiger partial charge in [0.05, 0.1) is 12.1 Å². The third-order valence-corrected chi connectivity index (χ3v) is 4.50. The Morgan fingerprint density at radius 2 is 2.30 bits per heavy atom. The van der Waals surface area contributed by atoms with Gasteiger partial charge in [-0.25, -0.2) is 0 Å². The fourth-order valence-electron chi connectivity index (χ4n) is 3.26. The molecule has 0 saturated carbocycles. The quantitative estimate of drug-likeness (QED) is 0.877. The molecule has 0 unspecified atom stereocenters. The van der Waals surface area contributed by atoms with Gasteiger partial charge in [-0.3, -0.25) is 9.48 Å². The monoisotopic (exact) mass is 312 g/mol. The standard InChI is InChI=1S/C18H24N4O/c1-13-4-3-5-14(8-13)6-7-20-18(23)17-11-19-10-16(17)15-9-21-22(2)12-15/h3-5,8-9,12,16-17,19H,6-7,10-11H2,1-2H3,(H,20,23)/t16-,17+/m1/s1. The Balaban J connectivity index is 1.55. The number of carbonyl (C=O) groups excluding carboxylic acids is 1. The summed E-state index contributed by atoms with van der Waals surface area (Å²) in [6.07, 6.45) is 4.74. The SMILES string of the molecule is Cc1cccc(CCNC(=O)[C@H]2CNC[C@@H]2c2cnn(C)c2)c1. The topological polar surface area (TPSA) is 59.0 Å². The zero-order valence-corrected chi connectivity index (χ0v) is 13.7. The first-order valence-corrected chi connectivity index (χ1v) is 8.16. The number of hydrogen-bond donors (Lipinski definition) is 2. The molecule has 2 N–H and O–H groups in total. The summed E-state index contributed by atoms with van der Waals surface area (Å²) in [5, 5.41) is 10.6. The van der Waals surface area contributed by atoms with Gasteiger partial charge in [0.15, 0.2) is 0 Å². The molecule has 23 heavy (non-hydrogen) atoms. The van der Waals surface area contributed by atoms with Crippen LogP contribution in [0.25, 0.3) is 0 Å². The molecule has 0 bridgehead atoms. The number of hydrogen-bond acceptors (Lipinski definition) is 3. The second kappa shape index (κ2) is 6.96. The summed E-state index contributed by atoms with van der Waals surface area (Å²) in [5.41, 5.74) is 3.65. The van der Waals surface area contributed by atoms with E-state index < -0.39 is 0 Å². The summed E-state index contributed by atoms with van der Waals surface area (Å²) in [5.74, 6) is 0.330. The molecule has 2 heterocycles. The normalized spacial score (nSPS) is 20.6. The summed E-state index contributed by atoms with van der Waals surface area (Å²) in [6, 6.07) is 8.42. The lowest BCUT2D eigenvalue weighted by Gasteiger charge is -2.17. The molecule has 122 valence electrons. The van der Waals surface area contributed by atoms with Gasteiger partial charge < -0.3 is 10.6 Å². The van der Waals surface area contributed by atoms with Crippen LogP contribution >= 0.6 is 0 Å². The zero-order valence-electron chi connectivity index (χ0n) is 13.7. The molecular formula is C18H24N4O.